The van der Waals surface area contributed by atoms with Crippen molar-refractivity contribution in [2.24, 2.45) is 4.99 Å². The zero-order valence-electron chi connectivity index (χ0n) is 12.9. The molecule has 120 valence electrons. The second-order valence-corrected chi connectivity index (χ2v) is 5.30. The Bertz CT molecular complexity index is 441. The van der Waals surface area contributed by atoms with Gasteiger partial charge in [-0.15, -0.1) is 24.0 Å². The van der Waals surface area contributed by atoms with Crippen molar-refractivity contribution < 1.29 is 4.74 Å². The highest BCUT2D eigenvalue weighted by atomic mass is 127. The molecule has 0 aromatic heterocycles. The lowest BCUT2D eigenvalue weighted by molar-refractivity contribution is 0.412. The van der Waals surface area contributed by atoms with E-state index in [4.69, 9.17) is 4.74 Å². The van der Waals surface area contributed by atoms with Crippen LogP contribution in [0.3, 0.4) is 0 Å². The second-order valence-electron chi connectivity index (χ2n) is 4.44. The number of halogens is 2. The molecule has 0 aliphatic rings. The van der Waals surface area contributed by atoms with Gasteiger partial charge in [-0.25, -0.2) is 4.99 Å². The summed E-state index contributed by atoms with van der Waals surface area (Å²) in [6, 6.07) is 6.02. The number of nitrogens with zero attached hydrogens (tertiary/aromatic N) is 1. The largest absolute Gasteiger partial charge is 0.496 e. The van der Waals surface area contributed by atoms with Gasteiger partial charge in [0.05, 0.1) is 18.1 Å². The predicted octanol–water partition coefficient (Wildman–Crippen LogP) is 3.93. The monoisotopic (exact) mass is 469 g/mol. The number of unbranched alkanes of at least 4 members (excludes halogenated alkanes) is 1. The topological polar surface area (TPSA) is 45.7 Å². The van der Waals surface area contributed by atoms with Gasteiger partial charge in [-0.3, -0.25) is 0 Å². The summed E-state index contributed by atoms with van der Waals surface area (Å²) < 4.78 is 6.18. The van der Waals surface area contributed by atoms with Crippen LogP contribution in [0.4, 0.5) is 0 Å². The van der Waals surface area contributed by atoms with Gasteiger partial charge in [0.1, 0.15) is 5.75 Å². The van der Waals surface area contributed by atoms with Crippen molar-refractivity contribution in [2.75, 3.05) is 20.2 Å². The van der Waals surface area contributed by atoms with Crippen molar-refractivity contribution >= 4 is 45.9 Å². The van der Waals surface area contributed by atoms with Crippen molar-refractivity contribution in [3.8, 4) is 5.75 Å². The van der Waals surface area contributed by atoms with Crippen molar-refractivity contribution in [3.05, 3.63) is 28.2 Å². The molecule has 0 bridgehead atoms. The summed E-state index contributed by atoms with van der Waals surface area (Å²) in [4.78, 5) is 4.58. The molecule has 21 heavy (non-hydrogen) atoms. The van der Waals surface area contributed by atoms with Crippen molar-refractivity contribution in [2.45, 2.75) is 33.2 Å². The maximum absolute atomic E-state index is 5.22. The Hall–Kier alpha value is -0.500. The number of guanidine groups is 1. The number of hydrogen-bond acceptors (Lipinski definition) is 2. The highest BCUT2D eigenvalue weighted by Gasteiger charge is 2.02. The summed E-state index contributed by atoms with van der Waals surface area (Å²) in [5.41, 5.74) is 1.14. The van der Waals surface area contributed by atoms with E-state index in [1.807, 2.05) is 18.2 Å². The van der Waals surface area contributed by atoms with E-state index in [2.05, 4.69) is 45.4 Å². The molecule has 4 nitrogen and oxygen atoms in total. The van der Waals surface area contributed by atoms with Crippen LogP contribution in [0, 0.1) is 0 Å². The van der Waals surface area contributed by atoms with E-state index in [-0.39, 0.29) is 24.0 Å². The van der Waals surface area contributed by atoms with Crippen LogP contribution in [-0.2, 0) is 6.54 Å². The summed E-state index contributed by atoms with van der Waals surface area (Å²) in [6.07, 6.45) is 2.33. The first kappa shape index (κ1) is 20.5. The molecule has 0 saturated carbocycles. The fourth-order valence-electron chi connectivity index (χ4n) is 1.70. The Kier molecular flexibility index (Phi) is 11.8. The van der Waals surface area contributed by atoms with Crippen LogP contribution in [0.1, 0.15) is 32.3 Å². The molecule has 0 spiro atoms. The van der Waals surface area contributed by atoms with Gasteiger partial charge in [-0.1, -0.05) is 19.4 Å². The Morgan fingerprint density at radius 3 is 2.62 bits per heavy atom. The number of aliphatic imine (C=N–C) groups is 1. The normalized spacial score (nSPS) is 10.8. The summed E-state index contributed by atoms with van der Waals surface area (Å²) in [7, 11) is 1.67. The SMILES string of the molecule is CCCCNC(=NCc1ccc(OC)c(Br)c1)NCC.I. The summed E-state index contributed by atoms with van der Waals surface area (Å²) in [5, 5.41) is 6.58. The minimum absolute atomic E-state index is 0. The third-order valence-electron chi connectivity index (χ3n) is 2.80. The van der Waals surface area contributed by atoms with Crippen LogP contribution < -0.4 is 15.4 Å². The number of hydrogen-bond donors (Lipinski definition) is 2. The lowest BCUT2D eigenvalue weighted by atomic mass is 10.2. The molecule has 0 fully saturated rings. The fraction of sp³-hybridized carbons (Fsp3) is 0.533. The van der Waals surface area contributed by atoms with E-state index in [9.17, 15) is 0 Å². The summed E-state index contributed by atoms with van der Waals surface area (Å²) in [5.74, 6) is 1.71. The fourth-order valence-corrected chi connectivity index (χ4v) is 2.29. The van der Waals surface area contributed by atoms with Gasteiger partial charge in [-0.2, -0.15) is 0 Å². The number of ether oxygens (including phenoxy) is 1. The van der Waals surface area contributed by atoms with Gasteiger partial charge in [0, 0.05) is 13.1 Å². The molecule has 1 aromatic carbocycles. The first-order valence-electron chi connectivity index (χ1n) is 7.05. The third-order valence-corrected chi connectivity index (χ3v) is 3.42. The second kappa shape index (κ2) is 12.1. The van der Waals surface area contributed by atoms with Gasteiger partial charge in [-0.05, 0) is 47.0 Å². The number of rotatable bonds is 7. The van der Waals surface area contributed by atoms with Crippen molar-refractivity contribution in [1.82, 2.24) is 10.6 Å². The lowest BCUT2D eigenvalue weighted by Gasteiger charge is -2.11. The molecular weight excluding hydrogens is 445 g/mol. The molecule has 0 unspecified atom stereocenters. The van der Waals surface area contributed by atoms with Gasteiger partial charge < -0.3 is 15.4 Å². The standard InChI is InChI=1S/C15H24BrN3O.HI/c1-4-6-9-18-15(17-5-2)19-11-12-7-8-14(20-3)13(16)10-12;/h7-8,10H,4-6,9,11H2,1-3H3,(H2,17,18,19);1H. The number of methoxy groups -OCH3 is 1. The molecule has 0 saturated heterocycles. The van der Waals surface area contributed by atoms with E-state index in [0.29, 0.717) is 6.54 Å². The number of nitrogens with one attached hydrogen (secondary N) is 2. The first-order valence-corrected chi connectivity index (χ1v) is 7.85. The van der Waals surface area contributed by atoms with E-state index in [1.54, 1.807) is 7.11 Å². The first-order chi connectivity index (χ1) is 9.71. The lowest BCUT2D eigenvalue weighted by Crippen LogP contribution is -2.37. The average Bonchev–Trinajstić information content (AvgIpc) is 2.45. The zero-order chi connectivity index (χ0) is 14.8. The third kappa shape index (κ3) is 7.90. The molecule has 0 aliphatic carbocycles. The van der Waals surface area contributed by atoms with E-state index in [0.717, 1.165) is 41.3 Å². The summed E-state index contributed by atoms with van der Waals surface area (Å²) >= 11 is 3.49. The van der Waals surface area contributed by atoms with Crippen LogP contribution in [0.25, 0.3) is 0 Å². The van der Waals surface area contributed by atoms with Gasteiger partial charge in [0.25, 0.3) is 0 Å². The van der Waals surface area contributed by atoms with Gasteiger partial charge in [0.2, 0.25) is 0 Å². The molecular formula is C15H25BrIN3O. The highest BCUT2D eigenvalue weighted by Crippen LogP contribution is 2.25. The predicted molar refractivity (Wildman–Crippen MR) is 104 cm³/mol. The minimum Gasteiger partial charge on any atom is -0.496 e. The van der Waals surface area contributed by atoms with Crippen LogP contribution >= 0.6 is 39.9 Å². The molecule has 1 rings (SSSR count). The van der Waals surface area contributed by atoms with Crippen LogP contribution in [-0.4, -0.2) is 26.2 Å². The quantitative estimate of drug-likeness (QED) is 0.275. The maximum atomic E-state index is 5.22. The van der Waals surface area contributed by atoms with E-state index < -0.39 is 0 Å². The smallest absolute Gasteiger partial charge is 0.191 e. The van der Waals surface area contributed by atoms with Crippen LogP contribution in [0.5, 0.6) is 5.75 Å². The molecule has 0 heterocycles. The Balaban J connectivity index is 0.00000400. The maximum Gasteiger partial charge on any atom is 0.191 e. The van der Waals surface area contributed by atoms with Crippen molar-refractivity contribution in [3.63, 3.8) is 0 Å². The molecule has 0 atom stereocenters. The molecule has 0 amide bonds. The van der Waals surface area contributed by atoms with Gasteiger partial charge >= 0.3 is 0 Å². The Labute approximate surface area is 153 Å². The van der Waals surface area contributed by atoms with E-state index >= 15 is 0 Å². The average molecular weight is 470 g/mol. The van der Waals surface area contributed by atoms with Gasteiger partial charge in [0.15, 0.2) is 5.96 Å². The van der Waals surface area contributed by atoms with Crippen LogP contribution in [0.15, 0.2) is 27.7 Å². The highest BCUT2D eigenvalue weighted by molar-refractivity contribution is 14.0. The summed E-state index contributed by atoms with van der Waals surface area (Å²) in [6.45, 7) is 6.71. The minimum atomic E-state index is 0. The Morgan fingerprint density at radius 1 is 1.29 bits per heavy atom. The molecule has 1 aromatic rings. The molecule has 2 N–H and O–H groups in total. The number of benzene rings is 1. The van der Waals surface area contributed by atoms with E-state index in [1.165, 1.54) is 6.42 Å². The Morgan fingerprint density at radius 2 is 2.05 bits per heavy atom. The van der Waals surface area contributed by atoms with Crippen LogP contribution in [0.2, 0.25) is 0 Å². The van der Waals surface area contributed by atoms with Crippen molar-refractivity contribution in [1.29, 1.82) is 0 Å². The zero-order valence-corrected chi connectivity index (χ0v) is 16.8. The molecule has 0 radical (unpaired) electrons. The molecule has 6 heteroatoms. The molecule has 0 aliphatic heterocycles.